The number of hydrogen-bond donors (Lipinski definition) is 3. The molecule has 3 heterocycles. The Morgan fingerprint density at radius 1 is 1.32 bits per heavy atom. The summed E-state index contributed by atoms with van der Waals surface area (Å²) in [7, 11) is 0. The summed E-state index contributed by atoms with van der Waals surface area (Å²) in [5.74, 6) is -1.88. The van der Waals surface area contributed by atoms with Crippen LogP contribution in [-0.2, 0) is 4.74 Å². The molecule has 3 rings (SSSR count). The van der Waals surface area contributed by atoms with Gasteiger partial charge in [-0.15, -0.1) is 5.10 Å². The van der Waals surface area contributed by atoms with Gasteiger partial charge in [-0.25, -0.2) is 9.78 Å². The molecule has 11 heteroatoms. The van der Waals surface area contributed by atoms with Crippen LogP contribution in [0.2, 0.25) is 0 Å². The first-order chi connectivity index (χ1) is 13.5. The molecular weight excluding hydrogens is 366 g/mol. The number of rotatable bonds is 5. The van der Waals surface area contributed by atoms with Crippen LogP contribution in [0.3, 0.4) is 0 Å². The van der Waals surface area contributed by atoms with Gasteiger partial charge in [-0.1, -0.05) is 0 Å². The van der Waals surface area contributed by atoms with Crippen LogP contribution >= 0.6 is 0 Å². The Balaban J connectivity index is 2.12. The lowest BCUT2D eigenvalue weighted by atomic mass is 10.2. The van der Waals surface area contributed by atoms with E-state index in [0.29, 0.717) is 0 Å². The van der Waals surface area contributed by atoms with E-state index in [9.17, 15) is 14.4 Å². The minimum absolute atomic E-state index is 0.00836. The van der Waals surface area contributed by atoms with Crippen molar-refractivity contribution < 1.29 is 19.1 Å². The largest absolute Gasteiger partial charge is 0.462 e. The van der Waals surface area contributed by atoms with Crippen LogP contribution in [0, 0.1) is 0 Å². The number of carbonyl (C=O) groups excluding carboxylic acids is 3. The number of amides is 1. The average Bonchev–Trinajstić information content (AvgIpc) is 3.04. The van der Waals surface area contributed by atoms with Crippen LogP contribution in [0.4, 0.5) is 11.6 Å². The number of nitrogens with zero attached hydrogens (tertiary/aromatic N) is 4. The van der Waals surface area contributed by atoms with E-state index in [1.54, 1.807) is 19.1 Å². The third kappa shape index (κ3) is 3.50. The molecule has 0 saturated heterocycles. The van der Waals surface area contributed by atoms with Crippen LogP contribution in [0.25, 0.3) is 11.0 Å². The van der Waals surface area contributed by atoms with Gasteiger partial charge in [-0.2, -0.15) is 4.68 Å². The van der Waals surface area contributed by atoms with Crippen molar-refractivity contribution in [1.82, 2.24) is 19.7 Å². The van der Waals surface area contributed by atoms with Gasteiger partial charge in [-0.3, -0.25) is 14.6 Å². The molecule has 3 aromatic rings. The molecule has 0 aromatic carbocycles. The van der Waals surface area contributed by atoms with E-state index < -0.39 is 17.8 Å². The highest BCUT2D eigenvalue weighted by molar-refractivity contribution is 6.10. The molecule has 0 aliphatic rings. The van der Waals surface area contributed by atoms with E-state index in [1.807, 2.05) is 0 Å². The molecule has 0 spiro atoms. The first-order valence-corrected chi connectivity index (χ1v) is 8.27. The molecule has 0 unspecified atom stereocenters. The molecule has 11 nitrogen and oxygen atoms in total. The van der Waals surface area contributed by atoms with Crippen LogP contribution in [-0.4, -0.2) is 50.7 Å². The monoisotopic (exact) mass is 383 g/mol. The number of nitrogens with one attached hydrogen (secondary N) is 1. The summed E-state index contributed by atoms with van der Waals surface area (Å²) in [6.45, 7) is 1.46. The SMILES string of the molecule is CCOC(=O)c1cc2c(NC(=O)c3cccnc3)nn(C(=O)CN)c2nc1N. The number of ether oxygens (including phenoxy) is 1. The smallest absolute Gasteiger partial charge is 0.341 e. The van der Waals surface area contributed by atoms with Gasteiger partial charge in [0.1, 0.15) is 11.4 Å². The van der Waals surface area contributed by atoms with Crippen molar-refractivity contribution >= 4 is 40.5 Å². The van der Waals surface area contributed by atoms with E-state index >= 15 is 0 Å². The summed E-state index contributed by atoms with van der Waals surface area (Å²) in [6, 6.07) is 4.53. The van der Waals surface area contributed by atoms with E-state index in [1.165, 1.54) is 18.5 Å². The van der Waals surface area contributed by atoms with E-state index in [4.69, 9.17) is 16.2 Å². The third-order valence-corrected chi connectivity index (χ3v) is 3.75. The fourth-order valence-electron chi connectivity index (χ4n) is 2.46. The lowest BCUT2D eigenvalue weighted by Crippen LogP contribution is -2.23. The quantitative estimate of drug-likeness (QED) is 0.529. The normalized spacial score (nSPS) is 10.6. The summed E-state index contributed by atoms with van der Waals surface area (Å²) < 4.78 is 5.88. The highest BCUT2D eigenvalue weighted by Gasteiger charge is 2.22. The summed E-state index contributed by atoms with van der Waals surface area (Å²) in [5.41, 5.74) is 11.6. The maximum Gasteiger partial charge on any atom is 0.341 e. The van der Waals surface area contributed by atoms with Crippen molar-refractivity contribution in [3.05, 3.63) is 41.7 Å². The van der Waals surface area contributed by atoms with Crippen LogP contribution in [0.1, 0.15) is 32.4 Å². The fraction of sp³-hybridized carbons (Fsp3) is 0.176. The predicted octanol–water partition coefficient (Wildman–Crippen LogP) is 0.436. The van der Waals surface area contributed by atoms with E-state index in [2.05, 4.69) is 20.4 Å². The number of carbonyl (C=O) groups is 3. The second-order valence-corrected chi connectivity index (χ2v) is 5.57. The lowest BCUT2D eigenvalue weighted by Gasteiger charge is -2.06. The second kappa shape index (κ2) is 7.80. The maximum atomic E-state index is 12.4. The molecule has 28 heavy (non-hydrogen) atoms. The van der Waals surface area contributed by atoms with Crippen LogP contribution < -0.4 is 16.8 Å². The minimum Gasteiger partial charge on any atom is -0.462 e. The van der Waals surface area contributed by atoms with Gasteiger partial charge >= 0.3 is 5.97 Å². The van der Waals surface area contributed by atoms with E-state index in [-0.39, 0.29) is 46.9 Å². The molecule has 3 aromatic heterocycles. The van der Waals surface area contributed by atoms with Gasteiger partial charge in [0, 0.05) is 12.4 Å². The minimum atomic E-state index is -0.683. The standard InChI is InChI=1S/C17H17N7O4/c1-2-28-17(27)10-6-11-14(22-16(26)9-4-3-5-20-8-9)23-24(12(25)7-18)15(11)21-13(10)19/h3-6,8H,2,7,18H2,1H3,(H2,19,21)(H,22,23,26). The number of pyridine rings is 2. The molecular formula is C17H17N7O4. The molecule has 144 valence electrons. The molecule has 0 fully saturated rings. The zero-order valence-corrected chi connectivity index (χ0v) is 14.9. The average molecular weight is 383 g/mol. The Bertz CT molecular complexity index is 1060. The Labute approximate surface area is 158 Å². The topological polar surface area (TPSA) is 168 Å². The Kier molecular flexibility index (Phi) is 5.27. The van der Waals surface area contributed by atoms with Crippen molar-refractivity contribution in [2.24, 2.45) is 5.73 Å². The van der Waals surface area contributed by atoms with Crippen molar-refractivity contribution in [1.29, 1.82) is 0 Å². The zero-order valence-electron chi connectivity index (χ0n) is 14.9. The van der Waals surface area contributed by atoms with Crippen LogP contribution in [0.5, 0.6) is 0 Å². The molecule has 5 N–H and O–H groups in total. The van der Waals surface area contributed by atoms with Gasteiger partial charge < -0.3 is 21.5 Å². The number of nitrogens with two attached hydrogens (primary N) is 2. The van der Waals surface area contributed by atoms with Crippen molar-refractivity contribution in [3.8, 4) is 0 Å². The second-order valence-electron chi connectivity index (χ2n) is 5.57. The summed E-state index contributed by atoms with van der Waals surface area (Å²) in [5, 5.41) is 6.89. The van der Waals surface area contributed by atoms with Gasteiger partial charge in [-0.05, 0) is 25.1 Å². The zero-order chi connectivity index (χ0) is 20.3. The summed E-state index contributed by atoms with van der Waals surface area (Å²) in [4.78, 5) is 44.6. The Morgan fingerprint density at radius 3 is 2.75 bits per heavy atom. The summed E-state index contributed by atoms with van der Waals surface area (Å²) in [6.07, 6.45) is 2.90. The lowest BCUT2D eigenvalue weighted by molar-refractivity contribution is 0.0527. The van der Waals surface area contributed by atoms with Crippen molar-refractivity contribution in [3.63, 3.8) is 0 Å². The first kappa shape index (κ1) is 18.9. The number of fused-ring (bicyclic) bond motifs is 1. The van der Waals surface area contributed by atoms with Gasteiger partial charge in [0.2, 0.25) is 0 Å². The first-order valence-electron chi connectivity index (χ1n) is 8.27. The predicted molar refractivity (Wildman–Crippen MR) is 99.8 cm³/mol. The van der Waals surface area contributed by atoms with Gasteiger partial charge in [0.25, 0.3) is 11.8 Å². The molecule has 0 aliphatic carbocycles. The highest BCUT2D eigenvalue weighted by Crippen LogP contribution is 2.26. The van der Waals surface area contributed by atoms with Crippen LogP contribution in [0.15, 0.2) is 30.6 Å². The third-order valence-electron chi connectivity index (χ3n) is 3.75. The molecule has 0 atom stereocenters. The molecule has 0 saturated carbocycles. The van der Waals surface area contributed by atoms with Crippen molar-refractivity contribution in [2.75, 3.05) is 24.2 Å². The number of hydrogen-bond acceptors (Lipinski definition) is 9. The molecule has 0 bridgehead atoms. The fourth-order valence-corrected chi connectivity index (χ4v) is 2.46. The molecule has 0 aliphatic heterocycles. The van der Waals surface area contributed by atoms with Crippen molar-refractivity contribution in [2.45, 2.75) is 6.92 Å². The van der Waals surface area contributed by atoms with E-state index in [0.717, 1.165) is 4.68 Å². The number of nitrogen functional groups attached to an aromatic ring is 1. The highest BCUT2D eigenvalue weighted by atomic mass is 16.5. The number of anilines is 2. The molecule has 1 amide bonds. The summed E-state index contributed by atoms with van der Waals surface area (Å²) >= 11 is 0. The molecule has 0 radical (unpaired) electrons. The Hall–Kier alpha value is -3.86. The maximum absolute atomic E-state index is 12.4. The van der Waals surface area contributed by atoms with Gasteiger partial charge in [0.15, 0.2) is 11.5 Å². The number of esters is 1. The Morgan fingerprint density at radius 2 is 2.11 bits per heavy atom. The number of aromatic nitrogens is 4. The van der Waals surface area contributed by atoms with Gasteiger partial charge in [0.05, 0.1) is 24.1 Å².